The van der Waals surface area contributed by atoms with E-state index < -0.39 is 0 Å². The second kappa shape index (κ2) is 7.28. The molecule has 19 heavy (non-hydrogen) atoms. The van der Waals surface area contributed by atoms with E-state index in [1.807, 2.05) is 7.05 Å². The third-order valence-electron chi connectivity index (χ3n) is 3.57. The first-order valence-electron chi connectivity index (χ1n) is 7.32. The smallest absolute Gasteiger partial charge is 0.134 e. The Labute approximate surface area is 115 Å². The molecule has 2 rings (SSSR count). The van der Waals surface area contributed by atoms with Gasteiger partial charge in [0.05, 0.1) is 0 Å². The van der Waals surface area contributed by atoms with Crippen LogP contribution in [0, 0.1) is 0 Å². The first-order chi connectivity index (χ1) is 9.35. The van der Waals surface area contributed by atoms with Crippen LogP contribution in [0.1, 0.15) is 32.6 Å². The third kappa shape index (κ3) is 3.80. The molecule has 0 aliphatic carbocycles. The molecule has 1 unspecified atom stereocenters. The molecule has 2 heterocycles. The van der Waals surface area contributed by atoms with E-state index in [4.69, 9.17) is 0 Å². The van der Waals surface area contributed by atoms with Crippen LogP contribution in [0.4, 0.5) is 11.6 Å². The zero-order valence-corrected chi connectivity index (χ0v) is 12.0. The van der Waals surface area contributed by atoms with E-state index in [9.17, 15) is 0 Å². The molecular weight excluding hydrogens is 238 g/mol. The molecule has 0 amide bonds. The maximum atomic E-state index is 4.45. The summed E-state index contributed by atoms with van der Waals surface area (Å²) in [7, 11) is 2.01. The minimum atomic E-state index is 0.549. The van der Waals surface area contributed by atoms with Crippen LogP contribution in [-0.4, -0.2) is 42.7 Å². The summed E-state index contributed by atoms with van der Waals surface area (Å²) in [5, 5.41) is 6.61. The summed E-state index contributed by atoms with van der Waals surface area (Å²) in [5.74, 6) is 1.98. The maximum absolute atomic E-state index is 4.45. The predicted octanol–water partition coefficient (Wildman–Crippen LogP) is 1.88. The van der Waals surface area contributed by atoms with Crippen LogP contribution in [-0.2, 0) is 0 Å². The third-order valence-corrected chi connectivity index (χ3v) is 3.57. The lowest BCUT2D eigenvalue weighted by Crippen LogP contribution is -2.45. The van der Waals surface area contributed by atoms with E-state index in [1.54, 1.807) is 6.33 Å². The van der Waals surface area contributed by atoms with Gasteiger partial charge in [-0.1, -0.05) is 6.92 Å². The average Bonchev–Trinajstić information content (AvgIpc) is 2.46. The van der Waals surface area contributed by atoms with Gasteiger partial charge in [0.15, 0.2) is 0 Å². The highest BCUT2D eigenvalue weighted by Gasteiger charge is 2.23. The van der Waals surface area contributed by atoms with Crippen molar-refractivity contribution in [2.24, 2.45) is 0 Å². The van der Waals surface area contributed by atoms with Crippen molar-refractivity contribution < 1.29 is 0 Å². The highest BCUT2D eigenvalue weighted by atomic mass is 15.2. The van der Waals surface area contributed by atoms with Crippen LogP contribution >= 0.6 is 0 Å². The Hall–Kier alpha value is -1.36. The number of piperidine rings is 1. The number of anilines is 2. The van der Waals surface area contributed by atoms with Gasteiger partial charge in [0, 0.05) is 31.7 Å². The van der Waals surface area contributed by atoms with Crippen LogP contribution in [0.25, 0.3) is 0 Å². The lowest BCUT2D eigenvalue weighted by molar-refractivity contribution is 0.443. The van der Waals surface area contributed by atoms with E-state index in [0.717, 1.165) is 37.7 Å². The Morgan fingerprint density at radius 2 is 2.26 bits per heavy atom. The van der Waals surface area contributed by atoms with Crippen molar-refractivity contribution in [1.29, 1.82) is 0 Å². The Morgan fingerprint density at radius 3 is 3.05 bits per heavy atom. The molecule has 5 heteroatoms. The van der Waals surface area contributed by atoms with E-state index in [0.29, 0.717) is 6.04 Å². The van der Waals surface area contributed by atoms with Gasteiger partial charge in [0.2, 0.25) is 0 Å². The van der Waals surface area contributed by atoms with E-state index in [-0.39, 0.29) is 0 Å². The number of nitrogens with zero attached hydrogens (tertiary/aromatic N) is 3. The number of hydrogen-bond donors (Lipinski definition) is 2. The normalized spacial score (nSPS) is 19.5. The Balaban J connectivity index is 2.09. The number of rotatable bonds is 6. The maximum Gasteiger partial charge on any atom is 0.134 e. The fourth-order valence-corrected chi connectivity index (χ4v) is 2.60. The fourth-order valence-electron chi connectivity index (χ4n) is 2.60. The first-order valence-corrected chi connectivity index (χ1v) is 7.32. The molecule has 1 aromatic heterocycles. The van der Waals surface area contributed by atoms with Crippen molar-refractivity contribution in [2.75, 3.05) is 36.9 Å². The van der Waals surface area contributed by atoms with Gasteiger partial charge in [-0.05, 0) is 32.7 Å². The highest BCUT2D eigenvalue weighted by molar-refractivity contribution is 5.49. The molecule has 5 nitrogen and oxygen atoms in total. The first kappa shape index (κ1) is 14.1. The SMILES string of the molecule is CCCNc1cc(N2CCCCC2CNC)ncn1. The Bertz CT molecular complexity index is 380. The summed E-state index contributed by atoms with van der Waals surface area (Å²) in [5.41, 5.74) is 0. The second-order valence-corrected chi connectivity index (χ2v) is 5.09. The lowest BCUT2D eigenvalue weighted by atomic mass is 10.0. The van der Waals surface area contributed by atoms with Crippen molar-refractivity contribution in [3.05, 3.63) is 12.4 Å². The van der Waals surface area contributed by atoms with Crippen molar-refractivity contribution in [3.63, 3.8) is 0 Å². The Morgan fingerprint density at radius 1 is 1.37 bits per heavy atom. The molecule has 1 aliphatic heterocycles. The van der Waals surface area contributed by atoms with Crippen LogP contribution in [0.3, 0.4) is 0 Å². The van der Waals surface area contributed by atoms with E-state index >= 15 is 0 Å². The van der Waals surface area contributed by atoms with Crippen molar-refractivity contribution in [2.45, 2.75) is 38.6 Å². The van der Waals surface area contributed by atoms with Gasteiger partial charge in [0.25, 0.3) is 0 Å². The topological polar surface area (TPSA) is 53.1 Å². The van der Waals surface area contributed by atoms with Gasteiger partial charge >= 0.3 is 0 Å². The zero-order chi connectivity index (χ0) is 13.5. The fraction of sp³-hybridized carbons (Fsp3) is 0.714. The molecular formula is C14H25N5. The summed E-state index contributed by atoms with van der Waals surface area (Å²) < 4.78 is 0. The highest BCUT2D eigenvalue weighted by Crippen LogP contribution is 2.23. The standard InChI is InChI=1S/C14H25N5/c1-3-7-16-13-9-14(18-11-17-13)19-8-5-4-6-12(19)10-15-2/h9,11-12,15H,3-8,10H2,1-2H3,(H,16,17,18). The molecule has 1 saturated heterocycles. The summed E-state index contributed by atoms with van der Waals surface area (Å²) in [6, 6.07) is 2.62. The van der Waals surface area contributed by atoms with Crippen LogP contribution in [0.2, 0.25) is 0 Å². The molecule has 0 bridgehead atoms. The molecule has 1 fully saturated rings. The van der Waals surface area contributed by atoms with E-state index in [1.165, 1.54) is 19.3 Å². The molecule has 1 aromatic rings. The molecule has 106 valence electrons. The zero-order valence-electron chi connectivity index (χ0n) is 12.0. The number of hydrogen-bond acceptors (Lipinski definition) is 5. The largest absolute Gasteiger partial charge is 0.370 e. The number of likely N-dealkylation sites (N-methyl/N-ethyl adjacent to an activating group) is 1. The summed E-state index contributed by atoms with van der Waals surface area (Å²) >= 11 is 0. The minimum Gasteiger partial charge on any atom is -0.370 e. The predicted molar refractivity (Wildman–Crippen MR) is 79.7 cm³/mol. The van der Waals surface area contributed by atoms with Gasteiger partial charge in [-0.25, -0.2) is 9.97 Å². The van der Waals surface area contributed by atoms with Crippen molar-refractivity contribution >= 4 is 11.6 Å². The van der Waals surface area contributed by atoms with Crippen molar-refractivity contribution in [1.82, 2.24) is 15.3 Å². The average molecular weight is 263 g/mol. The van der Waals surface area contributed by atoms with Gasteiger partial charge in [-0.2, -0.15) is 0 Å². The molecule has 0 radical (unpaired) electrons. The van der Waals surface area contributed by atoms with Crippen molar-refractivity contribution in [3.8, 4) is 0 Å². The minimum absolute atomic E-state index is 0.549. The number of nitrogens with one attached hydrogen (secondary N) is 2. The number of aromatic nitrogens is 2. The van der Waals surface area contributed by atoms with Crippen LogP contribution in [0.5, 0.6) is 0 Å². The molecule has 0 saturated carbocycles. The summed E-state index contributed by atoms with van der Waals surface area (Å²) in [6.07, 6.45) is 6.57. The summed E-state index contributed by atoms with van der Waals surface area (Å²) in [4.78, 5) is 11.1. The van der Waals surface area contributed by atoms with Gasteiger partial charge in [-0.15, -0.1) is 0 Å². The monoisotopic (exact) mass is 263 g/mol. The molecule has 1 aliphatic rings. The van der Waals surface area contributed by atoms with Gasteiger partial charge in [-0.3, -0.25) is 0 Å². The van der Waals surface area contributed by atoms with Gasteiger partial charge in [0.1, 0.15) is 18.0 Å². The molecule has 2 N–H and O–H groups in total. The molecule has 0 spiro atoms. The second-order valence-electron chi connectivity index (χ2n) is 5.09. The van der Waals surface area contributed by atoms with Gasteiger partial charge < -0.3 is 15.5 Å². The summed E-state index contributed by atoms with van der Waals surface area (Å²) in [6.45, 7) is 5.22. The lowest BCUT2D eigenvalue weighted by Gasteiger charge is -2.36. The van der Waals surface area contributed by atoms with Crippen LogP contribution < -0.4 is 15.5 Å². The van der Waals surface area contributed by atoms with Crippen LogP contribution in [0.15, 0.2) is 12.4 Å². The Kier molecular flexibility index (Phi) is 5.39. The molecule has 1 atom stereocenters. The molecule has 0 aromatic carbocycles. The quantitative estimate of drug-likeness (QED) is 0.820. The van der Waals surface area contributed by atoms with E-state index in [2.05, 4.69) is 38.5 Å².